The van der Waals surface area contributed by atoms with E-state index in [0.717, 1.165) is 16.9 Å². The van der Waals surface area contributed by atoms with Crippen LogP contribution in [0.1, 0.15) is 42.2 Å². The predicted molar refractivity (Wildman–Crippen MR) is 123 cm³/mol. The number of para-hydroxylation sites is 1. The van der Waals surface area contributed by atoms with Crippen LogP contribution in [0.5, 0.6) is 5.75 Å². The van der Waals surface area contributed by atoms with E-state index in [1.54, 1.807) is 41.0 Å². The molecule has 0 saturated carbocycles. The van der Waals surface area contributed by atoms with Crippen molar-refractivity contribution in [2.45, 2.75) is 32.4 Å². The quantitative estimate of drug-likeness (QED) is 0.585. The molecule has 31 heavy (non-hydrogen) atoms. The van der Waals surface area contributed by atoms with Crippen molar-refractivity contribution < 1.29 is 14.7 Å². The van der Waals surface area contributed by atoms with Crippen LogP contribution in [-0.2, 0) is 4.79 Å². The van der Waals surface area contributed by atoms with Gasteiger partial charge in [0.15, 0.2) is 0 Å². The Labute approximate surface area is 186 Å². The van der Waals surface area contributed by atoms with E-state index in [1.165, 1.54) is 12.1 Å². The molecule has 0 saturated heterocycles. The Hall–Kier alpha value is -3.31. The van der Waals surface area contributed by atoms with Crippen LogP contribution in [0.3, 0.4) is 0 Å². The minimum Gasteiger partial charge on any atom is -0.508 e. The van der Waals surface area contributed by atoms with Crippen molar-refractivity contribution in [3.05, 3.63) is 88.9 Å². The van der Waals surface area contributed by atoms with Gasteiger partial charge in [-0.3, -0.25) is 9.59 Å². The molecular formula is C25H23ClN2O3. The molecular weight excluding hydrogens is 412 g/mol. The Morgan fingerprint density at radius 1 is 1.00 bits per heavy atom. The maximum atomic E-state index is 13.4. The molecule has 158 valence electrons. The van der Waals surface area contributed by atoms with Crippen LogP contribution < -0.4 is 9.80 Å². The lowest BCUT2D eigenvalue weighted by molar-refractivity contribution is -0.117. The Kier molecular flexibility index (Phi) is 5.70. The summed E-state index contributed by atoms with van der Waals surface area (Å²) in [5.74, 6) is -0.101. The third kappa shape index (κ3) is 4.01. The SMILES string of the molecule is CC(=O)N(c1ccc(Cl)cc1)C1CC(C)N(C(=O)c2ccc(O)cc2)c2ccccc21. The van der Waals surface area contributed by atoms with Crippen molar-refractivity contribution in [1.29, 1.82) is 0 Å². The zero-order valence-corrected chi connectivity index (χ0v) is 18.1. The van der Waals surface area contributed by atoms with Gasteiger partial charge in [-0.15, -0.1) is 0 Å². The van der Waals surface area contributed by atoms with Gasteiger partial charge in [0.1, 0.15) is 5.75 Å². The molecule has 1 aliphatic heterocycles. The molecule has 1 aliphatic rings. The first-order valence-electron chi connectivity index (χ1n) is 10.1. The smallest absolute Gasteiger partial charge is 0.258 e. The van der Waals surface area contributed by atoms with Gasteiger partial charge in [0.05, 0.1) is 6.04 Å². The van der Waals surface area contributed by atoms with Crippen LogP contribution in [0.25, 0.3) is 0 Å². The fraction of sp³-hybridized carbons (Fsp3) is 0.200. The average Bonchev–Trinajstić information content (AvgIpc) is 2.75. The third-order valence-corrected chi connectivity index (χ3v) is 5.90. The number of benzene rings is 3. The van der Waals surface area contributed by atoms with Gasteiger partial charge in [-0.1, -0.05) is 29.8 Å². The molecule has 0 radical (unpaired) electrons. The number of hydrogen-bond donors (Lipinski definition) is 1. The number of phenols is 1. The summed E-state index contributed by atoms with van der Waals surface area (Å²) in [6.45, 7) is 3.54. The van der Waals surface area contributed by atoms with Crippen molar-refractivity contribution in [2.75, 3.05) is 9.80 Å². The summed E-state index contributed by atoms with van der Waals surface area (Å²) in [6.07, 6.45) is 0.586. The van der Waals surface area contributed by atoms with E-state index < -0.39 is 0 Å². The topological polar surface area (TPSA) is 60.9 Å². The second-order valence-electron chi connectivity index (χ2n) is 7.75. The van der Waals surface area contributed by atoms with E-state index in [1.807, 2.05) is 43.3 Å². The number of fused-ring (bicyclic) bond motifs is 1. The van der Waals surface area contributed by atoms with E-state index in [0.29, 0.717) is 17.0 Å². The monoisotopic (exact) mass is 434 g/mol. The first-order chi connectivity index (χ1) is 14.9. The number of carbonyl (C=O) groups excluding carboxylic acids is 2. The summed E-state index contributed by atoms with van der Waals surface area (Å²) in [6, 6.07) is 20.8. The van der Waals surface area contributed by atoms with E-state index in [2.05, 4.69) is 0 Å². The fourth-order valence-corrected chi connectivity index (χ4v) is 4.39. The number of aromatic hydroxyl groups is 1. The number of anilines is 2. The third-order valence-electron chi connectivity index (χ3n) is 5.65. The highest BCUT2D eigenvalue weighted by molar-refractivity contribution is 6.30. The molecule has 0 spiro atoms. The number of phenolic OH excluding ortho intramolecular Hbond substituents is 1. The van der Waals surface area contributed by atoms with Crippen molar-refractivity contribution in [3.8, 4) is 5.75 Å². The van der Waals surface area contributed by atoms with Crippen LogP contribution in [0, 0.1) is 0 Å². The number of nitrogens with zero attached hydrogens (tertiary/aromatic N) is 2. The molecule has 3 aromatic carbocycles. The molecule has 0 aromatic heterocycles. The molecule has 0 fully saturated rings. The zero-order chi connectivity index (χ0) is 22.1. The molecule has 2 unspecified atom stereocenters. The number of amides is 2. The summed E-state index contributed by atoms with van der Waals surface area (Å²) in [5.41, 5.74) is 2.96. The van der Waals surface area contributed by atoms with Gasteiger partial charge in [0.2, 0.25) is 5.91 Å². The molecule has 0 bridgehead atoms. The van der Waals surface area contributed by atoms with E-state index in [4.69, 9.17) is 11.6 Å². The highest BCUT2D eigenvalue weighted by atomic mass is 35.5. The van der Waals surface area contributed by atoms with Gasteiger partial charge in [0, 0.05) is 34.9 Å². The molecule has 3 aromatic rings. The highest BCUT2D eigenvalue weighted by Crippen LogP contribution is 2.42. The lowest BCUT2D eigenvalue weighted by Gasteiger charge is -2.43. The van der Waals surface area contributed by atoms with Crippen molar-refractivity contribution >= 4 is 34.8 Å². The van der Waals surface area contributed by atoms with Crippen LogP contribution in [0.2, 0.25) is 5.02 Å². The summed E-state index contributed by atoms with van der Waals surface area (Å²) in [4.78, 5) is 29.6. The Balaban J connectivity index is 1.77. The van der Waals surface area contributed by atoms with Gasteiger partial charge in [-0.2, -0.15) is 0 Å². The molecule has 1 N–H and O–H groups in total. The Morgan fingerprint density at radius 2 is 1.65 bits per heavy atom. The fourth-order valence-electron chi connectivity index (χ4n) is 4.26. The van der Waals surface area contributed by atoms with Gasteiger partial charge >= 0.3 is 0 Å². The minimum atomic E-state index is -0.214. The van der Waals surface area contributed by atoms with Crippen molar-refractivity contribution in [1.82, 2.24) is 0 Å². The molecule has 4 rings (SSSR count). The molecule has 5 nitrogen and oxygen atoms in total. The lowest BCUT2D eigenvalue weighted by atomic mass is 9.89. The van der Waals surface area contributed by atoms with Gasteiger partial charge in [-0.25, -0.2) is 0 Å². The van der Waals surface area contributed by atoms with Crippen molar-refractivity contribution in [2.24, 2.45) is 0 Å². The number of hydrogen-bond acceptors (Lipinski definition) is 3. The van der Waals surface area contributed by atoms with Gasteiger partial charge < -0.3 is 14.9 Å². The lowest BCUT2D eigenvalue weighted by Crippen LogP contribution is -2.47. The Bertz CT molecular complexity index is 1110. The van der Waals surface area contributed by atoms with E-state index in [-0.39, 0.29) is 29.6 Å². The Morgan fingerprint density at radius 3 is 2.29 bits per heavy atom. The van der Waals surface area contributed by atoms with Gasteiger partial charge in [-0.05, 0) is 73.5 Å². The summed E-state index contributed by atoms with van der Waals surface area (Å²) in [5, 5.41) is 10.2. The van der Waals surface area contributed by atoms with Crippen LogP contribution in [0.4, 0.5) is 11.4 Å². The number of rotatable bonds is 3. The first kappa shape index (κ1) is 20.9. The second kappa shape index (κ2) is 8.44. The predicted octanol–water partition coefficient (Wildman–Crippen LogP) is 5.58. The summed E-state index contributed by atoms with van der Waals surface area (Å²) < 4.78 is 0. The van der Waals surface area contributed by atoms with Crippen LogP contribution in [0.15, 0.2) is 72.8 Å². The van der Waals surface area contributed by atoms with E-state index >= 15 is 0 Å². The minimum absolute atomic E-state index is 0.0763. The molecule has 1 heterocycles. The summed E-state index contributed by atoms with van der Waals surface area (Å²) >= 11 is 6.04. The maximum Gasteiger partial charge on any atom is 0.258 e. The largest absolute Gasteiger partial charge is 0.508 e. The first-order valence-corrected chi connectivity index (χ1v) is 10.5. The van der Waals surface area contributed by atoms with Gasteiger partial charge in [0.25, 0.3) is 5.91 Å². The molecule has 0 aliphatic carbocycles. The summed E-state index contributed by atoms with van der Waals surface area (Å²) in [7, 11) is 0. The van der Waals surface area contributed by atoms with Crippen LogP contribution in [-0.4, -0.2) is 23.0 Å². The van der Waals surface area contributed by atoms with Crippen molar-refractivity contribution in [3.63, 3.8) is 0 Å². The average molecular weight is 435 g/mol. The standard InChI is InChI=1S/C25H23ClN2O3/c1-16-15-24(28(17(2)29)20-11-9-19(26)10-12-20)22-5-3-4-6-23(22)27(16)25(31)18-7-13-21(30)14-8-18/h3-14,16,24,30H,15H2,1-2H3. The zero-order valence-electron chi connectivity index (χ0n) is 17.3. The second-order valence-corrected chi connectivity index (χ2v) is 8.18. The molecule has 6 heteroatoms. The molecule has 2 amide bonds. The normalized spacial score (nSPS) is 17.7. The number of carbonyl (C=O) groups is 2. The van der Waals surface area contributed by atoms with E-state index in [9.17, 15) is 14.7 Å². The van der Waals surface area contributed by atoms with Crippen LogP contribution >= 0.6 is 11.6 Å². The number of halogens is 1. The molecule has 2 atom stereocenters. The highest BCUT2D eigenvalue weighted by Gasteiger charge is 2.38. The maximum absolute atomic E-state index is 13.4.